The number of carbonyl (C=O) groups is 2. The first-order chi connectivity index (χ1) is 14.2. The van der Waals surface area contributed by atoms with Crippen LogP contribution in [0.2, 0.25) is 0 Å². The lowest BCUT2D eigenvalue weighted by atomic mass is 9.98. The first kappa shape index (κ1) is 19.2. The maximum Gasteiger partial charge on any atom is 0.333 e. The average molecular weight is 407 g/mol. The highest BCUT2D eigenvalue weighted by atomic mass is 32.1. The van der Waals surface area contributed by atoms with E-state index in [1.807, 2.05) is 72.1 Å². The summed E-state index contributed by atoms with van der Waals surface area (Å²) in [6.45, 7) is 0.468. The Morgan fingerprint density at radius 1 is 1.03 bits per heavy atom. The van der Waals surface area contributed by atoms with E-state index in [0.717, 1.165) is 28.0 Å². The molecule has 29 heavy (non-hydrogen) atoms. The zero-order chi connectivity index (χ0) is 20.2. The normalized spacial score (nSPS) is 15.7. The maximum absolute atomic E-state index is 13.3. The fourth-order valence-corrected chi connectivity index (χ4v) is 4.66. The molecule has 6 heteroatoms. The second kappa shape index (κ2) is 8.49. The molecule has 2 aromatic carbocycles. The Hall–Kier alpha value is -3.12. The number of thiophene rings is 1. The number of benzene rings is 2. The topological polar surface area (TPSA) is 58.6 Å². The van der Waals surface area contributed by atoms with Crippen molar-refractivity contribution in [2.45, 2.75) is 18.5 Å². The van der Waals surface area contributed by atoms with E-state index in [-0.39, 0.29) is 12.1 Å². The molecule has 0 bridgehead atoms. The number of esters is 1. The minimum absolute atomic E-state index is 0.282. The van der Waals surface area contributed by atoms with Crippen molar-refractivity contribution in [2.24, 2.45) is 0 Å². The summed E-state index contributed by atoms with van der Waals surface area (Å²) < 4.78 is 5.01. The van der Waals surface area contributed by atoms with Crippen LogP contribution in [0.4, 0.5) is 4.79 Å². The van der Waals surface area contributed by atoms with Gasteiger partial charge in [-0.25, -0.2) is 9.59 Å². The molecule has 4 rings (SSSR count). The van der Waals surface area contributed by atoms with Crippen LogP contribution in [-0.2, 0) is 16.0 Å². The number of methoxy groups -OCH3 is 1. The number of ether oxygens (including phenoxy) is 1. The Morgan fingerprint density at radius 3 is 2.24 bits per heavy atom. The van der Waals surface area contributed by atoms with Gasteiger partial charge in [0, 0.05) is 11.4 Å². The van der Waals surface area contributed by atoms with E-state index in [0.29, 0.717) is 6.54 Å². The predicted octanol–water partition coefficient (Wildman–Crippen LogP) is 4.32. The molecule has 1 unspecified atom stereocenters. The molecule has 0 saturated carbocycles. The van der Waals surface area contributed by atoms with Crippen LogP contribution in [0.1, 0.15) is 33.7 Å². The average Bonchev–Trinajstić information content (AvgIpc) is 3.26. The first-order valence-electron chi connectivity index (χ1n) is 9.50. The number of nitrogens with zero attached hydrogens (tertiary/aromatic N) is 1. The Kier molecular flexibility index (Phi) is 5.62. The van der Waals surface area contributed by atoms with Gasteiger partial charge in [0.05, 0.1) is 13.2 Å². The van der Waals surface area contributed by atoms with Crippen molar-refractivity contribution in [1.29, 1.82) is 0 Å². The Morgan fingerprint density at radius 2 is 1.66 bits per heavy atom. The summed E-state index contributed by atoms with van der Waals surface area (Å²) in [5, 5.41) is 5.09. The van der Waals surface area contributed by atoms with Gasteiger partial charge < -0.3 is 15.0 Å². The smallest absolute Gasteiger partial charge is 0.333 e. The molecule has 2 amide bonds. The summed E-state index contributed by atoms with van der Waals surface area (Å²) in [5.74, 6) is -0.421. The van der Waals surface area contributed by atoms with Crippen molar-refractivity contribution >= 4 is 23.3 Å². The first-order valence-corrected chi connectivity index (χ1v) is 10.4. The highest BCUT2D eigenvalue weighted by Gasteiger charge is 2.38. The molecule has 3 aromatic rings. The summed E-state index contributed by atoms with van der Waals surface area (Å²) in [6.07, 6.45) is 0.731. The molecular formula is C23H22N2O3S. The van der Waals surface area contributed by atoms with Gasteiger partial charge in [-0.3, -0.25) is 0 Å². The standard InChI is InChI=1S/C23H22N2O3S/c1-28-22(26)21-18-13-15-29-19(18)12-14-25(21)23(27)24-20(16-8-4-2-5-9-16)17-10-6-3-7-11-17/h2-11,13,15,20-21H,12,14H2,1H3,(H,24,27). The molecule has 0 aliphatic carbocycles. The van der Waals surface area contributed by atoms with E-state index in [2.05, 4.69) is 5.32 Å². The van der Waals surface area contributed by atoms with Crippen LogP contribution in [-0.4, -0.2) is 30.6 Å². The molecule has 2 heterocycles. The van der Waals surface area contributed by atoms with Gasteiger partial charge in [0.25, 0.3) is 0 Å². The zero-order valence-corrected chi connectivity index (χ0v) is 16.9. The van der Waals surface area contributed by atoms with Crippen LogP contribution in [0.25, 0.3) is 0 Å². The van der Waals surface area contributed by atoms with E-state index in [4.69, 9.17) is 4.74 Å². The van der Waals surface area contributed by atoms with Crippen molar-refractivity contribution in [3.63, 3.8) is 0 Å². The van der Waals surface area contributed by atoms with Crippen molar-refractivity contribution < 1.29 is 14.3 Å². The van der Waals surface area contributed by atoms with E-state index >= 15 is 0 Å². The van der Waals surface area contributed by atoms with E-state index < -0.39 is 12.0 Å². The molecule has 1 aliphatic rings. The number of rotatable bonds is 4. The predicted molar refractivity (Wildman–Crippen MR) is 113 cm³/mol. The van der Waals surface area contributed by atoms with Gasteiger partial charge in [-0.15, -0.1) is 11.3 Å². The monoisotopic (exact) mass is 406 g/mol. The number of urea groups is 1. The fourth-order valence-electron chi connectivity index (χ4n) is 3.76. The van der Waals surface area contributed by atoms with Gasteiger partial charge in [0.15, 0.2) is 6.04 Å². The zero-order valence-electron chi connectivity index (χ0n) is 16.1. The number of hydrogen-bond acceptors (Lipinski definition) is 4. The number of hydrogen-bond donors (Lipinski definition) is 1. The largest absolute Gasteiger partial charge is 0.467 e. The molecule has 1 N–H and O–H groups in total. The Balaban J connectivity index is 1.64. The Bertz CT molecular complexity index is 948. The molecular weight excluding hydrogens is 384 g/mol. The lowest BCUT2D eigenvalue weighted by molar-refractivity contribution is -0.146. The summed E-state index contributed by atoms with van der Waals surface area (Å²) in [4.78, 5) is 28.6. The summed E-state index contributed by atoms with van der Waals surface area (Å²) in [6, 6.07) is 20.3. The van der Waals surface area contributed by atoms with Crippen LogP contribution < -0.4 is 5.32 Å². The second-order valence-corrected chi connectivity index (χ2v) is 7.87. The van der Waals surface area contributed by atoms with E-state index in [1.165, 1.54) is 7.11 Å². The van der Waals surface area contributed by atoms with Gasteiger partial charge in [0.2, 0.25) is 0 Å². The number of nitrogens with one attached hydrogen (secondary N) is 1. The molecule has 0 fully saturated rings. The van der Waals surface area contributed by atoms with Crippen LogP contribution in [0, 0.1) is 0 Å². The van der Waals surface area contributed by atoms with Gasteiger partial charge in [0.1, 0.15) is 0 Å². The van der Waals surface area contributed by atoms with Crippen LogP contribution in [0.3, 0.4) is 0 Å². The van der Waals surface area contributed by atoms with Gasteiger partial charge in [-0.1, -0.05) is 60.7 Å². The molecule has 1 atom stereocenters. The number of fused-ring (bicyclic) bond motifs is 1. The van der Waals surface area contributed by atoms with Crippen molar-refractivity contribution in [2.75, 3.05) is 13.7 Å². The van der Waals surface area contributed by atoms with Gasteiger partial charge in [-0.2, -0.15) is 0 Å². The van der Waals surface area contributed by atoms with Crippen molar-refractivity contribution in [3.8, 4) is 0 Å². The molecule has 148 valence electrons. The SMILES string of the molecule is COC(=O)C1c2ccsc2CCN1C(=O)NC(c1ccccc1)c1ccccc1. The lowest BCUT2D eigenvalue weighted by Gasteiger charge is -2.35. The minimum atomic E-state index is -0.720. The molecule has 0 saturated heterocycles. The highest BCUT2D eigenvalue weighted by Crippen LogP contribution is 2.34. The van der Waals surface area contributed by atoms with Crippen molar-refractivity contribution in [3.05, 3.63) is 93.7 Å². The van der Waals surface area contributed by atoms with E-state index in [9.17, 15) is 9.59 Å². The summed E-state index contributed by atoms with van der Waals surface area (Å²) in [5.41, 5.74) is 2.82. The van der Waals surface area contributed by atoms with E-state index in [1.54, 1.807) is 16.2 Å². The molecule has 0 spiro atoms. The van der Waals surface area contributed by atoms with Crippen LogP contribution in [0.15, 0.2) is 72.1 Å². The lowest BCUT2D eigenvalue weighted by Crippen LogP contribution is -2.49. The number of amides is 2. The second-order valence-electron chi connectivity index (χ2n) is 6.87. The highest BCUT2D eigenvalue weighted by molar-refractivity contribution is 7.10. The van der Waals surface area contributed by atoms with Gasteiger partial charge >= 0.3 is 12.0 Å². The quantitative estimate of drug-likeness (QED) is 0.657. The van der Waals surface area contributed by atoms with Gasteiger partial charge in [-0.05, 0) is 34.6 Å². The third kappa shape index (κ3) is 3.89. The minimum Gasteiger partial charge on any atom is -0.467 e. The maximum atomic E-state index is 13.3. The molecule has 1 aromatic heterocycles. The number of carbonyl (C=O) groups excluding carboxylic acids is 2. The third-order valence-corrected chi connectivity index (χ3v) is 6.18. The van der Waals surface area contributed by atoms with Crippen LogP contribution >= 0.6 is 11.3 Å². The third-order valence-electron chi connectivity index (χ3n) is 5.18. The molecule has 0 radical (unpaired) electrons. The van der Waals surface area contributed by atoms with Crippen LogP contribution in [0.5, 0.6) is 0 Å². The summed E-state index contributed by atoms with van der Waals surface area (Å²) in [7, 11) is 1.36. The molecule has 1 aliphatic heterocycles. The Labute approximate surface area is 173 Å². The van der Waals surface area contributed by atoms with Crippen molar-refractivity contribution in [1.82, 2.24) is 10.2 Å². The summed E-state index contributed by atoms with van der Waals surface area (Å²) >= 11 is 1.61. The fraction of sp³-hybridized carbons (Fsp3) is 0.217. The molecule has 5 nitrogen and oxygen atoms in total.